The zero-order valence-electron chi connectivity index (χ0n) is 16.2. The molecule has 1 fully saturated rings. The van der Waals surface area contributed by atoms with Crippen LogP contribution in [0.15, 0.2) is 11.1 Å². The van der Waals surface area contributed by atoms with Gasteiger partial charge in [-0.15, -0.1) is 0 Å². The Morgan fingerprint density at radius 3 is 2.80 bits per heavy atom. The highest BCUT2D eigenvalue weighted by Crippen LogP contribution is 2.12. The summed E-state index contributed by atoms with van der Waals surface area (Å²) >= 11 is 0. The van der Waals surface area contributed by atoms with Gasteiger partial charge < -0.3 is 15.5 Å². The Morgan fingerprint density at radius 2 is 2.20 bits per heavy atom. The van der Waals surface area contributed by atoms with Gasteiger partial charge in [0.25, 0.3) is 0 Å². The highest BCUT2D eigenvalue weighted by atomic mass is 16.2. The van der Waals surface area contributed by atoms with Gasteiger partial charge in [0.05, 0.1) is 5.69 Å². The zero-order valence-corrected chi connectivity index (χ0v) is 16.2. The maximum Gasteiger partial charge on any atom is 0.225 e. The lowest BCUT2D eigenvalue weighted by molar-refractivity contribution is -0.133. The van der Waals surface area contributed by atoms with E-state index >= 15 is 0 Å². The second-order valence-electron chi connectivity index (χ2n) is 7.07. The summed E-state index contributed by atoms with van der Waals surface area (Å²) in [4.78, 5) is 18.3. The second-order valence-corrected chi connectivity index (χ2v) is 7.07. The zero-order chi connectivity index (χ0) is 18.4. The van der Waals surface area contributed by atoms with Crippen LogP contribution in [0.3, 0.4) is 0 Å². The van der Waals surface area contributed by atoms with E-state index in [1.165, 1.54) is 5.69 Å². The van der Waals surface area contributed by atoms with E-state index < -0.39 is 0 Å². The molecule has 0 bridgehead atoms. The summed E-state index contributed by atoms with van der Waals surface area (Å²) in [6.45, 7) is 11.3. The molecular formula is C18H32N6O. The van der Waals surface area contributed by atoms with Crippen molar-refractivity contribution in [2.45, 2.75) is 53.1 Å². The van der Waals surface area contributed by atoms with Crippen LogP contribution >= 0.6 is 0 Å². The first kappa shape index (κ1) is 19.3. The Bertz CT molecular complexity index is 607. The number of hydrogen-bond donors (Lipinski definition) is 2. The number of aliphatic imine (C=N–C) groups is 1. The number of carbonyl (C=O) groups excluding carboxylic acids is 1. The maximum atomic E-state index is 12.1. The largest absolute Gasteiger partial charge is 0.356 e. The van der Waals surface area contributed by atoms with Crippen molar-refractivity contribution < 1.29 is 4.79 Å². The minimum Gasteiger partial charge on any atom is -0.356 e. The normalized spacial score (nSPS) is 18.1. The van der Waals surface area contributed by atoms with Gasteiger partial charge in [0, 0.05) is 50.9 Å². The number of guanidine groups is 1. The fourth-order valence-corrected chi connectivity index (χ4v) is 3.17. The molecule has 7 nitrogen and oxygen atoms in total. The number of nitrogens with zero attached hydrogens (tertiary/aromatic N) is 4. The highest BCUT2D eigenvalue weighted by molar-refractivity contribution is 5.81. The van der Waals surface area contributed by atoms with Gasteiger partial charge >= 0.3 is 0 Å². The van der Waals surface area contributed by atoms with Gasteiger partial charge in [0.15, 0.2) is 5.96 Å². The van der Waals surface area contributed by atoms with Crippen molar-refractivity contribution >= 4 is 11.9 Å². The molecule has 140 valence electrons. The van der Waals surface area contributed by atoms with Gasteiger partial charge in [-0.3, -0.25) is 14.5 Å². The van der Waals surface area contributed by atoms with Crippen molar-refractivity contribution in [2.24, 2.45) is 10.9 Å². The van der Waals surface area contributed by atoms with Crippen LogP contribution in [0.25, 0.3) is 0 Å². The van der Waals surface area contributed by atoms with E-state index in [4.69, 9.17) is 0 Å². The predicted octanol–water partition coefficient (Wildman–Crippen LogP) is 1.31. The minimum absolute atomic E-state index is 0.0607. The molecule has 2 N–H and O–H groups in total. The number of carbonyl (C=O) groups is 1. The van der Waals surface area contributed by atoms with Crippen LogP contribution in [0.4, 0.5) is 0 Å². The van der Waals surface area contributed by atoms with Crippen molar-refractivity contribution in [1.29, 1.82) is 0 Å². The summed E-state index contributed by atoms with van der Waals surface area (Å²) in [6.07, 6.45) is 1.94. The molecule has 2 rings (SSSR count). The average Bonchev–Trinajstić information content (AvgIpc) is 3.15. The number of amides is 1. The van der Waals surface area contributed by atoms with Crippen LogP contribution in [0, 0.1) is 19.8 Å². The van der Waals surface area contributed by atoms with E-state index in [0.29, 0.717) is 0 Å². The van der Waals surface area contributed by atoms with Crippen LogP contribution in [0.5, 0.6) is 0 Å². The smallest absolute Gasteiger partial charge is 0.225 e. The number of rotatable bonds is 6. The number of likely N-dealkylation sites (tertiary alicyclic amines) is 1. The third kappa shape index (κ3) is 5.47. The molecule has 2 heterocycles. The molecule has 0 spiro atoms. The molecule has 0 saturated carbocycles. The lowest BCUT2D eigenvalue weighted by Gasteiger charge is -2.20. The molecule has 0 radical (unpaired) electrons. The highest BCUT2D eigenvalue weighted by Gasteiger charge is 2.27. The Morgan fingerprint density at radius 1 is 1.44 bits per heavy atom. The van der Waals surface area contributed by atoms with Gasteiger partial charge in [-0.25, -0.2) is 0 Å². The van der Waals surface area contributed by atoms with Gasteiger partial charge in [0.2, 0.25) is 5.91 Å². The summed E-state index contributed by atoms with van der Waals surface area (Å²) in [6, 6.07) is 2.36. The van der Waals surface area contributed by atoms with Gasteiger partial charge in [0.1, 0.15) is 0 Å². The molecule has 7 heteroatoms. The molecule has 1 saturated heterocycles. The summed E-state index contributed by atoms with van der Waals surface area (Å²) in [5, 5.41) is 11.3. The van der Waals surface area contributed by atoms with E-state index in [2.05, 4.69) is 33.7 Å². The maximum absolute atomic E-state index is 12.1. The van der Waals surface area contributed by atoms with Gasteiger partial charge in [-0.2, -0.15) is 5.10 Å². The molecule has 1 amide bonds. The van der Waals surface area contributed by atoms with E-state index in [0.717, 1.165) is 50.7 Å². The van der Waals surface area contributed by atoms with Crippen molar-refractivity contribution in [2.75, 3.05) is 26.7 Å². The van der Waals surface area contributed by atoms with Crippen molar-refractivity contribution in [3.8, 4) is 0 Å². The van der Waals surface area contributed by atoms with Crippen molar-refractivity contribution in [3.63, 3.8) is 0 Å². The Kier molecular flexibility index (Phi) is 6.84. The molecule has 1 atom stereocenters. The molecule has 1 aromatic heterocycles. The third-order valence-corrected chi connectivity index (χ3v) is 4.50. The Hall–Kier alpha value is -2.05. The number of aromatic nitrogens is 2. The molecule has 0 aromatic carbocycles. The van der Waals surface area contributed by atoms with Crippen LogP contribution in [-0.2, 0) is 11.3 Å². The average molecular weight is 348 g/mol. The molecule has 1 aliphatic rings. The summed E-state index contributed by atoms with van der Waals surface area (Å²) in [5.74, 6) is 1.10. The first-order valence-electron chi connectivity index (χ1n) is 9.17. The van der Waals surface area contributed by atoms with Crippen molar-refractivity contribution in [3.05, 3.63) is 17.5 Å². The summed E-state index contributed by atoms with van der Waals surface area (Å²) in [7, 11) is 1.78. The molecule has 1 aliphatic heterocycles. The SMILES string of the molecule is CN=C(NCCCn1nc(C)cc1C)NC1CCN(C(=O)C(C)C)C1. The molecular weight excluding hydrogens is 316 g/mol. The van der Waals surface area contributed by atoms with Crippen molar-refractivity contribution in [1.82, 2.24) is 25.3 Å². The molecule has 0 aliphatic carbocycles. The minimum atomic E-state index is 0.0607. The fourth-order valence-electron chi connectivity index (χ4n) is 3.17. The van der Waals surface area contributed by atoms with E-state index in [9.17, 15) is 4.79 Å². The van der Waals surface area contributed by atoms with Crippen LogP contribution in [0.1, 0.15) is 38.1 Å². The Labute approximate surface area is 150 Å². The second kappa shape index (κ2) is 8.87. The van der Waals surface area contributed by atoms with E-state index in [1.54, 1.807) is 7.05 Å². The van der Waals surface area contributed by atoms with E-state index in [1.807, 2.05) is 30.4 Å². The van der Waals surface area contributed by atoms with Crippen LogP contribution in [0.2, 0.25) is 0 Å². The standard InChI is InChI=1S/C18H32N6O/c1-13(2)17(25)23-10-7-16(12-23)21-18(19-5)20-8-6-9-24-15(4)11-14(3)22-24/h11,13,16H,6-10,12H2,1-5H3,(H2,19,20,21). The monoisotopic (exact) mass is 348 g/mol. The van der Waals surface area contributed by atoms with Gasteiger partial charge in [-0.05, 0) is 32.8 Å². The first-order valence-corrected chi connectivity index (χ1v) is 9.17. The molecule has 25 heavy (non-hydrogen) atoms. The predicted molar refractivity (Wildman–Crippen MR) is 101 cm³/mol. The van der Waals surface area contributed by atoms with Crippen LogP contribution < -0.4 is 10.6 Å². The van der Waals surface area contributed by atoms with Gasteiger partial charge in [-0.1, -0.05) is 13.8 Å². The summed E-state index contributed by atoms with van der Waals surface area (Å²) < 4.78 is 2.04. The number of nitrogens with one attached hydrogen (secondary N) is 2. The lowest BCUT2D eigenvalue weighted by atomic mass is 10.2. The van der Waals surface area contributed by atoms with E-state index in [-0.39, 0.29) is 17.9 Å². The fraction of sp³-hybridized carbons (Fsp3) is 0.722. The number of hydrogen-bond acceptors (Lipinski definition) is 3. The topological polar surface area (TPSA) is 74.6 Å². The number of aryl methyl sites for hydroxylation is 3. The summed E-state index contributed by atoms with van der Waals surface area (Å²) in [5.41, 5.74) is 2.26. The third-order valence-electron chi connectivity index (χ3n) is 4.50. The first-order chi connectivity index (χ1) is 11.9. The lowest BCUT2D eigenvalue weighted by Crippen LogP contribution is -2.45. The molecule has 1 aromatic rings. The molecule has 1 unspecified atom stereocenters. The quantitative estimate of drug-likeness (QED) is 0.462. The van der Waals surface area contributed by atoms with Crippen LogP contribution in [-0.4, -0.2) is 59.3 Å². The Balaban J connectivity index is 1.71.